The highest BCUT2D eigenvalue weighted by Gasteiger charge is 2.38. The highest BCUT2D eigenvalue weighted by Crippen LogP contribution is 2.34. The molecule has 148 valence electrons. The Hall–Kier alpha value is -1.79. The van der Waals surface area contributed by atoms with Crippen LogP contribution in [0.3, 0.4) is 0 Å². The molecule has 0 bridgehead atoms. The van der Waals surface area contributed by atoms with Crippen molar-refractivity contribution in [3.8, 4) is 5.75 Å². The fourth-order valence-corrected chi connectivity index (χ4v) is 4.77. The van der Waals surface area contributed by atoms with Gasteiger partial charge in [0, 0.05) is 37.3 Å². The summed E-state index contributed by atoms with van der Waals surface area (Å²) < 4.78 is 11.3. The SMILES string of the molecule is C[C@@H]1Cc2cc(NC(=O)NCC3(N4CCOCC4)CCCCC3)ccc2O1. The van der Waals surface area contributed by atoms with Gasteiger partial charge in [0.1, 0.15) is 11.9 Å². The van der Waals surface area contributed by atoms with Crippen molar-refractivity contribution < 1.29 is 14.3 Å². The normalized spacial score (nSPS) is 24.7. The predicted octanol–water partition coefficient (Wildman–Crippen LogP) is 3.17. The van der Waals surface area contributed by atoms with E-state index in [9.17, 15) is 4.79 Å². The Bertz CT molecular complexity index is 667. The number of benzene rings is 1. The van der Waals surface area contributed by atoms with Crippen LogP contribution in [-0.2, 0) is 11.2 Å². The van der Waals surface area contributed by atoms with Gasteiger partial charge >= 0.3 is 6.03 Å². The summed E-state index contributed by atoms with van der Waals surface area (Å²) in [5.41, 5.74) is 2.08. The Labute approximate surface area is 161 Å². The molecular weight excluding hydrogens is 342 g/mol. The highest BCUT2D eigenvalue weighted by atomic mass is 16.5. The number of hydrogen-bond acceptors (Lipinski definition) is 4. The Morgan fingerprint density at radius 3 is 2.78 bits per heavy atom. The zero-order valence-electron chi connectivity index (χ0n) is 16.3. The number of rotatable bonds is 4. The molecule has 1 saturated carbocycles. The summed E-state index contributed by atoms with van der Waals surface area (Å²) in [5.74, 6) is 0.932. The standard InChI is InChI=1S/C21H31N3O3/c1-16-13-17-14-18(5-6-19(17)27-16)23-20(25)22-15-21(7-3-2-4-8-21)24-9-11-26-12-10-24/h5-6,14,16H,2-4,7-13,15H2,1H3,(H2,22,23,25)/t16-/m1/s1. The van der Waals surface area contributed by atoms with E-state index >= 15 is 0 Å². The number of hydrogen-bond donors (Lipinski definition) is 2. The smallest absolute Gasteiger partial charge is 0.319 e. The monoisotopic (exact) mass is 373 g/mol. The maximum absolute atomic E-state index is 12.5. The first kappa shape index (κ1) is 18.6. The van der Waals surface area contributed by atoms with Gasteiger partial charge in [-0.25, -0.2) is 4.79 Å². The van der Waals surface area contributed by atoms with Crippen LogP contribution >= 0.6 is 0 Å². The zero-order valence-corrected chi connectivity index (χ0v) is 16.3. The minimum atomic E-state index is -0.125. The van der Waals surface area contributed by atoms with Gasteiger partial charge in [0.2, 0.25) is 0 Å². The minimum absolute atomic E-state index is 0.0839. The molecule has 0 aromatic heterocycles. The van der Waals surface area contributed by atoms with Gasteiger partial charge in [0.05, 0.1) is 13.2 Å². The number of nitrogens with zero attached hydrogens (tertiary/aromatic N) is 1. The molecule has 1 atom stereocenters. The van der Waals surface area contributed by atoms with Crippen molar-refractivity contribution in [3.63, 3.8) is 0 Å². The van der Waals surface area contributed by atoms with E-state index in [1.165, 1.54) is 19.3 Å². The first-order valence-electron chi connectivity index (χ1n) is 10.3. The average Bonchev–Trinajstić information content (AvgIpc) is 3.07. The number of morpholine rings is 1. The molecule has 1 aliphatic carbocycles. The number of carbonyl (C=O) groups is 1. The molecule has 1 aromatic carbocycles. The molecule has 2 fully saturated rings. The minimum Gasteiger partial charge on any atom is -0.490 e. The van der Waals surface area contributed by atoms with Gasteiger partial charge in [-0.2, -0.15) is 0 Å². The van der Waals surface area contributed by atoms with Crippen molar-refractivity contribution in [3.05, 3.63) is 23.8 Å². The number of ether oxygens (including phenoxy) is 2. The first-order chi connectivity index (χ1) is 13.1. The van der Waals surface area contributed by atoms with Crippen LogP contribution in [0.4, 0.5) is 10.5 Å². The third-order valence-corrected chi connectivity index (χ3v) is 6.20. The molecular formula is C21H31N3O3. The molecule has 2 amide bonds. The van der Waals surface area contributed by atoms with E-state index in [1.807, 2.05) is 18.2 Å². The molecule has 1 saturated heterocycles. The van der Waals surface area contributed by atoms with Crippen LogP contribution in [0.5, 0.6) is 5.75 Å². The summed E-state index contributed by atoms with van der Waals surface area (Å²) in [6.45, 7) is 6.28. The number of carbonyl (C=O) groups excluding carboxylic acids is 1. The Morgan fingerprint density at radius 1 is 1.22 bits per heavy atom. The molecule has 0 spiro atoms. The van der Waals surface area contributed by atoms with Crippen molar-refractivity contribution >= 4 is 11.7 Å². The van der Waals surface area contributed by atoms with Crippen LogP contribution in [0.15, 0.2) is 18.2 Å². The molecule has 0 radical (unpaired) electrons. The summed E-state index contributed by atoms with van der Waals surface area (Å²) in [5, 5.41) is 6.15. The van der Waals surface area contributed by atoms with Crippen molar-refractivity contribution in [2.75, 3.05) is 38.2 Å². The fraction of sp³-hybridized carbons (Fsp3) is 0.667. The third kappa shape index (κ3) is 4.22. The van der Waals surface area contributed by atoms with Gasteiger partial charge in [0.25, 0.3) is 0 Å². The van der Waals surface area contributed by atoms with Gasteiger partial charge in [-0.1, -0.05) is 19.3 Å². The van der Waals surface area contributed by atoms with E-state index in [1.54, 1.807) is 0 Å². The maximum atomic E-state index is 12.5. The fourth-order valence-electron chi connectivity index (χ4n) is 4.77. The van der Waals surface area contributed by atoms with Gasteiger partial charge in [-0.05, 0) is 43.5 Å². The summed E-state index contributed by atoms with van der Waals surface area (Å²) in [7, 11) is 0. The summed E-state index contributed by atoms with van der Waals surface area (Å²) in [6, 6.07) is 5.76. The quantitative estimate of drug-likeness (QED) is 0.851. The molecule has 2 N–H and O–H groups in total. The number of anilines is 1. The molecule has 3 aliphatic rings. The molecule has 4 rings (SSSR count). The number of urea groups is 1. The summed E-state index contributed by atoms with van der Waals surface area (Å²) >= 11 is 0. The number of amides is 2. The van der Waals surface area contributed by atoms with Crippen LogP contribution in [0.1, 0.15) is 44.6 Å². The van der Waals surface area contributed by atoms with E-state index in [0.717, 1.165) is 62.6 Å². The zero-order chi connectivity index (χ0) is 18.7. The maximum Gasteiger partial charge on any atom is 0.319 e. The first-order valence-corrected chi connectivity index (χ1v) is 10.3. The van der Waals surface area contributed by atoms with Gasteiger partial charge < -0.3 is 20.1 Å². The molecule has 2 aliphatic heterocycles. The molecule has 1 aromatic rings. The van der Waals surface area contributed by atoms with Crippen LogP contribution in [0.2, 0.25) is 0 Å². The number of fused-ring (bicyclic) bond motifs is 1. The molecule has 6 nitrogen and oxygen atoms in total. The summed E-state index contributed by atoms with van der Waals surface area (Å²) in [6.07, 6.45) is 7.19. The second-order valence-electron chi connectivity index (χ2n) is 8.15. The lowest BCUT2D eigenvalue weighted by Crippen LogP contribution is -2.60. The molecule has 6 heteroatoms. The van der Waals surface area contributed by atoms with Gasteiger partial charge in [-0.15, -0.1) is 0 Å². The van der Waals surface area contributed by atoms with Crippen LogP contribution in [0, 0.1) is 0 Å². The number of nitrogens with one attached hydrogen (secondary N) is 2. The highest BCUT2D eigenvalue weighted by molar-refractivity contribution is 5.89. The van der Waals surface area contributed by atoms with Crippen molar-refractivity contribution in [1.82, 2.24) is 10.2 Å². The van der Waals surface area contributed by atoms with Crippen molar-refractivity contribution in [1.29, 1.82) is 0 Å². The topological polar surface area (TPSA) is 62.8 Å². The lowest BCUT2D eigenvalue weighted by Gasteiger charge is -2.48. The lowest BCUT2D eigenvalue weighted by molar-refractivity contribution is -0.0356. The van der Waals surface area contributed by atoms with Crippen LogP contribution < -0.4 is 15.4 Å². The average molecular weight is 373 g/mol. The van der Waals surface area contributed by atoms with E-state index in [0.29, 0.717) is 6.54 Å². The second-order valence-corrected chi connectivity index (χ2v) is 8.15. The molecule has 2 heterocycles. The largest absolute Gasteiger partial charge is 0.490 e. The molecule has 0 unspecified atom stereocenters. The van der Waals surface area contributed by atoms with Crippen LogP contribution in [0.25, 0.3) is 0 Å². The lowest BCUT2D eigenvalue weighted by atomic mass is 9.80. The van der Waals surface area contributed by atoms with Crippen LogP contribution in [-0.4, -0.2) is 55.4 Å². The Balaban J connectivity index is 1.36. The van der Waals surface area contributed by atoms with Crippen molar-refractivity contribution in [2.45, 2.75) is 57.1 Å². The second kappa shape index (κ2) is 8.07. The predicted molar refractivity (Wildman–Crippen MR) is 105 cm³/mol. The van der Waals surface area contributed by atoms with Crippen molar-refractivity contribution in [2.24, 2.45) is 0 Å². The Morgan fingerprint density at radius 2 is 2.00 bits per heavy atom. The van der Waals surface area contributed by atoms with E-state index < -0.39 is 0 Å². The third-order valence-electron chi connectivity index (χ3n) is 6.20. The van der Waals surface area contributed by atoms with E-state index in [2.05, 4.69) is 22.5 Å². The molecule has 27 heavy (non-hydrogen) atoms. The van der Waals surface area contributed by atoms with Gasteiger partial charge in [0.15, 0.2) is 0 Å². The summed E-state index contributed by atoms with van der Waals surface area (Å²) in [4.78, 5) is 15.1. The Kier molecular flexibility index (Phi) is 5.55. The van der Waals surface area contributed by atoms with Gasteiger partial charge in [-0.3, -0.25) is 4.90 Å². The van der Waals surface area contributed by atoms with E-state index in [-0.39, 0.29) is 17.7 Å². The van der Waals surface area contributed by atoms with E-state index in [4.69, 9.17) is 9.47 Å².